The van der Waals surface area contributed by atoms with Gasteiger partial charge in [-0.15, -0.1) is 34.0 Å². The lowest BCUT2D eigenvalue weighted by Gasteiger charge is -2.12. The molecule has 0 fully saturated rings. The van der Waals surface area contributed by atoms with Crippen LogP contribution in [0.5, 0.6) is 0 Å². The zero-order valence-corrected chi connectivity index (χ0v) is 70.6. The molecule has 594 valence electrons. The minimum absolute atomic E-state index is 0.588. The lowest BCUT2D eigenvalue weighted by atomic mass is 10.0. The fourth-order valence-electron chi connectivity index (χ4n) is 19.0. The Morgan fingerprint density at radius 1 is 0.228 bits per heavy atom. The summed E-state index contributed by atoms with van der Waals surface area (Å²) in [5.74, 6) is 4.45. The highest BCUT2D eigenvalue weighted by Gasteiger charge is 2.30. The van der Waals surface area contributed by atoms with E-state index in [2.05, 4.69) is 290 Å². The lowest BCUT2D eigenvalue weighted by Crippen LogP contribution is -2.06. The smallest absolute Gasteiger partial charge is 0.238 e. The number of benzene rings is 16. The van der Waals surface area contributed by atoms with E-state index in [0.717, 1.165) is 99.2 Å². The van der Waals surface area contributed by atoms with Crippen LogP contribution in [0.4, 0.5) is 0 Å². The molecule has 28 aromatic rings. The zero-order chi connectivity index (χ0) is 83.3. The largest absolute Gasteiger partial charge is 0.471 e. The van der Waals surface area contributed by atoms with Gasteiger partial charge in [0.15, 0.2) is 23.3 Å². The van der Waals surface area contributed by atoms with Crippen LogP contribution in [0.1, 0.15) is 0 Å². The van der Waals surface area contributed by atoms with Crippen molar-refractivity contribution >= 4 is 215 Å². The van der Waals surface area contributed by atoms with Gasteiger partial charge in [0.25, 0.3) is 0 Å². The van der Waals surface area contributed by atoms with E-state index >= 15 is 0 Å². The summed E-state index contributed by atoms with van der Waals surface area (Å²) >= 11 is 7.28. The maximum absolute atomic E-state index is 5.87. The van der Waals surface area contributed by atoms with Gasteiger partial charge in [-0.1, -0.05) is 297 Å². The number of thiophene rings is 4. The summed E-state index contributed by atoms with van der Waals surface area (Å²) in [6.45, 7) is 0. The van der Waals surface area contributed by atoms with Crippen LogP contribution in [0.25, 0.3) is 249 Å². The summed E-state index contributed by atoms with van der Waals surface area (Å²) in [6.07, 6.45) is 8.33. The van der Waals surface area contributed by atoms with Gasteiger partial charge in [0.1, 0.15) is 0 Å². The Kier molecular flexibility index (Phi) is 16.8. The first-order valence-electron chi connectivity index (χ1n) is 42.0. The van der Waals surface area contributed by atoms with Gasteiger partial charge in [-0.25, -0.2) is 19.9 Å². The highest BCUT2D eigenvalue weighted by molar-refractivity contribution is 7.28. The molecule has 17 heteroatoms. The molecular formula is C110H64N12OS4. The lowest BCUT2D eigenvalue weighted by molar-refractivity contribution is 0.573. The number of rotatable bonds is 9. The quantitative estimate of drug-likeness (QED) is 0.138. The summed E-state index contributed by atoms with van der Waals surface area (Å²) < 4.78 is 22.4. The fourth-order valence-corrected chi connectivity index (χ4v) is 23.6. The van der Waals surface area contributed by atoms with Crippen molar-refractivity contribution in [1.82, 2.24) is 58.1 Å². The summed E-state index contributed by atoms with van der Waals surface area (Å²) in [6, 6.07) is 122. The molecule has 0 saturated carbocycles. The van der Waals surface area contributed by atoms with E-state index in [1.807, 2.05) is 138 Å². The number of fused-ring (bicyclic) bond motifs is 31. The molecule has 28 rings (SSSR count). The molecule has 0 unspecified atom stereocenters. The van der Waals surface area contributed by atoms with Gasteiger partial charge in [-0.3, -0.25) is 13.7 Å². The predicted molar refractivity (Wildman–Crippen MR) is 530 cm³/mol. The molecule has 13 nitrogen and oxygen atoms in total. The Hall–Kier alpha value is -16.0. The molecule has 16 aromatic carbocycles. The van der Waals surface area contributed by atoms with Crippen molar-refractivity contribution in [3.05, 3.63) is 388 Å². The first kappa shape index (κ1) is 72.6. The van der Waals surface area contributed by atoms with Crippen molar-refractivity contribution in [2.75, 3.05) is 0 Å². The van der Waals surface area contributed by atoms with Crippen molar-refractivity contribution in [3.63, 3.8) is 0 Å². The van der Waals surface area contributed by atoms with E-state index in [9.17, 15) is 0 Å². The maximum Gasteiger partial charge on any atom is 0.238 e. The average molecular weight is 1700 g/mol. The van der Waals surface area contributed by atoms with Crippen LogP contribution in [0.15, 0.2) is 392 Å². The third-order valence-corrected chi connectivity index (χ3v) is 28.8. The number of aromatic nitrogens is 12. The number of nitrogens with zero attached hydrogens (tertiary/aromatic N) is 12. The van der Waals surface area contributed by atoms with Gasteiger partial charge < -0.3 is 8.98 Å². The Labute approximate surface area is 739 Å². The predicted octanol–water partition coefficient (Wildman–Crippen LogP) is 30.0. The van der Waals surface area contributed by atoms with Crippen LogP contribution in [0, 0.1) is 0 Å². The molecule has 0 radical (unpaired) electrons. The second kappa shape index (κ2) is 29.3. The highest BCUT2D eigenvalue weighted by Crippen LogP contribution is 2.53. The third kappa shape index (κ3) is 11.6. The Balaban J connectivity index is 0.000000102. The van der Waals surface area contributed by atoms with E-state index in [1.165, 1.54) is 109 Å². The van der Waals surface area contributed by atoms with Crippen molar-refractivity contribution in [3.8, 4) is 80.3 Å². The molecule has 127 heavy (non-hydrogen) atoms. The number of furan rings is 1. The normalized spacial score (nSPS) is 11.9. The van der Waals surface area contributed by atoms with E-state index in [1.54, 1.807) is 22.7 Å². The Morgan fingerprint density at radius 3 is 0.969 bits per heavy atom. The van der Waals surface area contributed by atoms with Crippen molar-refractivity contribution in [1.29, 1.82) is 0 Å². The zero-order valence-electron chi connectivity index (χ0n) is 67.4. The number of para-hydroxylation sites is 5. The van der Waals surface area contributed by atoms with Gasteiger partial charge in [-0.2, -0.15) is 31.3 Å². The summed E-state index contributed by atoms with van der Waals surface area (Å²) in [5.41, 5.74) is 14.5. The highest BCUT2D eigenvalue weighted by atomic mass is 32.1. The topological polar surface area (TPSA) is 136 Å². The van der Waals surface area contributed by atoms with Crippen LogP contribution in [0.2, 0.25) is 0 Å². The summed E-state index contributed by atoms with van der Waals surface area (Å²) in [4.78, 5) is 41.1. The minimum atomic E-state index is 0.588. The van der Waals surface area contributed by atoms with Crippen molar-refractivity contribution in [2.45, 2.75) is 0 Å². The maximum atomic E-state index is 5.87. The van der Waals surface area contributed by atoms with E-state index < -0.39 is 0 Å². The van der Waals surface area contributed by atoms with Crippen molar-refractivity contribution in [2.24, 2.45) is 0 Å². The van der Waals surface area contributed by atoms with Gasteiger partial charge >= 0.3 is 0 Å². The Morgan fingerprint density at radius 2 is 0.535 bits per heavy atom. The van der Waals surface area contributed by atoms with Crippen LogP contribution < -0.4 is 0 Å². The minimum Gasteiger partial charge on any atom is -0.471 e. The van der Waals surface area contributed by atoms with Gasteiger partial charge in [0.2, 0.25) is 17.8 Å². The first-order chi connectivity index (χ1) is 63.0. The molecule has 12 heterocycles. The molecule has 0 amide bonds. The van der Waals surface area contributed by atoms with Gasteiger partial charge in [0.05, 0.1) is 70.9 Å². The van der Waals surface area contributed by atoms with E-state index in [4.69, 9.17) is 44.3 Å². The van der Waals surface area contributed by atoms with E-state index in [-0.39, 0.29) is 0 Å². The first-order valence-corrected chi connectivity index (χ1v) is 45.4. The molecule has 0 aliphatic carbocycles. The van der Waals surface area contributed by atoms with Crippen molar-refractivity contribution < 1.29 is 4.42 Å². The molecule has 0 N–H and O–H groups in total. The summed E-state index contributed by atoms with van der Waals surface area (Å²) in [5, 5.41) is 27.7. The SMILES string of the molecule is c1ccc(-c2nc(-c3ccccc3)nc(-n3c4ccccc4c4c5cn(-c6ccccc6)cc5c5c6ccccc6sc5c43)n2)cc1.c1ccc(-c2nc(-c3ccccc3)nc(-n3c4ccccc4c4c5cocc5c5c6ccccc6sc5c43)n2)cc1.c1ccc(-c2nc(-n3c4ccccc4c4c5cscc5c5c6ccccc6sc5c43)nc3ccccc23)cc1. The monoisotopic (exact) mass is 1700 g/mol. The number of hydrogen-bond donors (Lipinski definition) is 0. The molecule has 0 spiro atoms. The standard InChI is InChI=1S/C41H25N5S.C35H20N4OS.C34H19N3S2/c1-4-14-26(15-5-1)39-42-40(27-16-6-2-7-17-27)44-41(43-39)46-33-22-12-10-20-29(33)35-31-24-45(28-18-8-3-9-19-28)25-32(31)36-30-21-11-13-23-34(30)47-38(36)37(35)46;1-3-11-21(12-4-1)33-36-34(22-13-5-2-6-14-22)38-35(37-33)39-27-17-9-7-15-23(27)29-25-19-40-20-26(25)30-24-16-8-10-18-28(24)41-32(30)31(29)39;1-2-10-20(11-3-1)31-21-12-4-7-15-26(21)35-34(36-31)37-27-16-8-5-13-22(27)29-24-18-38-19-25(24)30-23-14-6-9-17-28(23)39-33(30)32(29)37/h1-25H;1-20H;1-19H. The molecular weight excluding hydrogens is 1630 g/mol. The second-order valence-electron chi connectivity index (χ2n) is 31.6. The number of hydrogen-bond acceptors (Lipinski definition) is 13. The van der Waals surface area contributed by atoms with Crippen LogP contribution in [-0.4, -0.2) is 58.1 Å². The second-order valence-corrected chi connectivity index (χ2v) is 35.5. The molecule has 12 aromatic heterocycles. The van der Waals surface area contributed by atoms with Crippen LogP contribution in [-0.2, 0) is 0 Å². The fraction of sp³-hybridized carbons (Fsp3) is 0. The molecule has 0 saturated heterocycles. The molecule has 0 atom stereocenters. The van der Waals surface area contributed by atoms with E-state index in [0.29, 0.717) is 41.1 Å². The third-order valence-electron chi connectivity index (χ3n) is 24.5. The molecule has 0 bridgehead atoms. The molecule has 0 aliphatic heterocycles. The van der Waals surface area contributed by atoms with Crippen LogP contribution in [0.3, 0.4) is 0 Å². The Bertz CT molecular complexity index is 9180. The average Bonchev–Trinajstić information content (AvgIpc) is 1.50. The molecule has 0 aliphatic rings. The summed E-state index contributed by atoms with van der Waals surface area (Å²) in [7, 11) is 0. The van der Waals surface area contributed by atoms with Crippen LogP contribution >= 0.6 is 45.3 Å². The van der Waals surface area contributed by atoms with Gasteiger partial charge in [0, 0.05) is 162 Å². The van der Waals surface area contributed by atoms with Gasteiger partial charge in [-0.05, 0) is 65.4 Å².